The van der Waals surface area contributed by atoms with Crippen molar-refractivity contribution < 1.29 is 0 Å². The smallest absolute Gasteiger partial charge is 0.132 e. The van der Waals surface area contributed by atoms with Crippen molar-refractivity contribution in [1.82, 2.24) is 15.0 Å². The fraction of sp³-hybridized carbons (Fsp3) is 0.471. The third-order valence-electron chi connectivity index (χ3n) is 4.89. The van der Waals surface area contributed by atoms with Crippen molar-refractivity contribution in [1.29, 1.82) is 0 Å². The van der Waals surface area contributed by atoms with E-state index in [-0.39, 0.29) is 0 Å². The van der Waals surface area contributed by atoms with E-state index >= 15 is 0 Å². The number of nitrogens with zero attached hydrogens (tertiary/aromatic N) is 5. The molecular weight excluding hydrogens is 274 g/mol. The van der Waals surface area contributed by atoms with E-state index in [1.54, 1.807) is 0 Å². The number of aromatic nitrogens is 3. The summed E-state index contributed by atoms with van der Waals surface area (Å²) in [5.74, 6) is 3.78. The Labute approximate surface area is 131 Å². The van der Waals surface area contributed by atoms with Gasteiger partial charge in [0.2, 0.25) is 0 Å². The zero-order valence-electron chi connectivity index (χ0n) is 12.9. The number of pyridine rings is 1. The molecule has 4 heterocycles. The summed E-state index contributed by atoms with van der Waals surface area (Å²) in [6, 6.07) is 8.71. The van der Waals surface area contributed by atoms with Crippen LogP contribution in [0.3, 0.4) is 0 Å². The van der Waals surface area contributed by atoms with Crippen LogP contribution in [0.1, 0.15) is 18.7 Å². The summed E-state index contributed by atoms with van der Waals surface area (Å²) in [6.07, 6.45) is 6.25. The van der Waals surface area contributed by atoms with Crippen LogP contribution < -0.4 is 9.80 Å². The summed E-state index contributed by atoms with van der Waals surface area (Å²) in [6.45, 7) is 5.19. The minimum atomic E-state index is 0.532. The number of piperidine rings is 1. The van der Waals surface area contributed by atoms with E-state index in [2.05, 4.69) is 36.9 Å². The molecule has 0 amide bonds. The molecule has 22 heavy (non-hydrogen) atoms. The molecule has 114 valence electrons. The van der Waals surface area contributed by atoms with Crippen molar-refractivity contribution in [2.24, 2.45) is 5.92 Å². The lowest BCUT2D eigenvalue weighted by Crippen LogP contribution is -2.48. The summed E-state index contributed by atoms with van der Waals surface area (Å²) in [5.41, 5.74) is 0. The van der Waals surface area contributed by atoms with Crippen molar-refractivity contribution in [3.8, 4) is 0 Å². The maximum absolute atomic E-state index is 4.62. The molecule has 2 fully saturated rings. The van der Waals surface area contributed by atoms with Gasteiger partial charge in [0.1, 0.15) is 17.5 Å². The number of fused-ring (bicyclic) bond motifs is 1. The predicted octanol–water partition coefficient (Wildman–Crippen LogP) is 2.29. The Morgan fingerprint density at radius 3 is 2.73 bits per heavy atom. The molecule has 0 radical (unpaired) electrons. The zero-order valence-corrected chi connectivity index (χ0v) is 12.9. The first kappa shape index (κ1) is 13.5. The van der Waals surface area contributed by atoms with Gasteiger partial charge in [-0.15, -0.1) is 0 Å². The van der Waals surface area contributed by atoms with E-state index in [1.807, 2.05) is 31.5 Å². The third kappa shape index (κ3) is 2.40. The molecule has 2 aromatic heterocycles. The van der Waals surface area contributed by atoms with E-state index in [0.717, 1.165) is 43.0 Å². The standard InChI is InChI=1S/C17H21N5/c1-13-18-9-5-17(20-13)22-11-7-14-6-10-21(12-15(14)22)16-4-2-3-8-19-16/h2-5,8-9,14-15H,6-7,10-12H2,1H3. The first-order valence-electron chi connectivity index (χ1n) is 8.03. The third-order valence-corrected chi connectivity index (χ3v) is 4.89. The van der Waals surface area contributed by atoms with Crippen molar-refractivity contribution in [2.45, 2.75) is 25.8 Å². The first-order valence-corrected chi connectivity index (χ1v) is 8.03. The van der Waals surface area contributed by atoms with Crippen molar-refractivity contribution in [3.05, 3.63) is 42.5 Å². The molecule has 2 aromatic rings. The molecule has 2 aliphatic heterocycles. The second kappa shape index (κ2) is 5.55. The highest BCUT2D eigenvalue weighted by Crippen LogP contribution is 2.35. The van der Waals surface area contributed by atoms with Gasteiger partial charge in [-0.2, -0.15) is 0 Å². The largest absolute Gasteiger partial charge is 0.355 e. The fourth-order valence-corrected chi connectivity index (χ4v) is 3.78. The maximum Gasteiger partial charge on any atom is 0.132 e. The summed E-state index contributed by atoms with van der Waals surface area (Å²) >= 11 is 0. The van der Waals surface area contributed by atoms with Crippen LogP contribution in [0.15, 0.2) is 36.7 Å². The minimum absolute atomic E-state index is 0.532. The lowest BCUT2D eigenvalue weighted by Gasteiger charge is -2.39. The van der Waals surface area contributed by atoms with Crippen LogP contribution >= 0.6 is 0 Å². The molecule has 2 atom stereocenters. The Morgan fingerprint density at radius 2 is 1.91 bits per heavy atom. The molecule has 2 aliphatic rings. The van der Waals surface area contributed by atoms with Crippen LogP contribution in [0.25, 0.3) is 0 Å². The molecule has 0 aromatic carbocycles. The monoisotopic (exact) mass is 295 g/mol. The van der Waals surface area contributed by atoms with E-state index < -0.39 is 0 Å². The highest BCUT2D eigenvalue weighted by molar-refractivity contribution is 5.45. The molecule has 2 unspecified atom stereocenters. The molecule has 4 rings (SSSR count). The molecule has 0 saturated carbocycles. The highest BCUT2D eigenvalue weighted by Gasteiger charge is 2.39. The van der Waals surface area contributed by atoms with Gasteiger partial charge in [0, 0.05) is 32.0 Å². The number of hydrogen-bond donors (Lipinski definition) is 0. The summed E-state index contributed by atoms with van der Waals surface area (Å²) in [7, 11) is 0. The van der Waals surface area contributed by atoms with Crippen LogP contribution in [-0.4, -0.2) is 40.6 Å². The van der Waals surface area contributed by atoms with Crippen molar-refractivity contribution in [3.63, 3.8) is 0 Å². The average Bonchev–Trinajstić information content (AvgIpc) is 2.99. The number of aryl methyl sites for hydroxylation is 1. The van der Waals surface area contributed by atoms with E-state index in [9.17, 15) is 0 Å². The number of hydrogen-bond acceptors (Lipinski definition) is 5. The predicted molar refractivity (Wildman–Crippen MR) is 87.1 cm³/mol. The molecule has 0 aliphatic carbocycles. The van der Waals surface area contributed by atoms with Gasteiger partial charge in [0.25, 0.3) is 0 Å². The van der Waals surface area contributed by atoms with Crippen LogP contribution in [0.2, 0.25) is 0 Å². The molecular formula is C17H21N5. The number of rotatable bonds is 2. The topological polar surface area (TPSA) is 45.2 Å². The average molecular weight is 295 g/mol. The van der Waals surface area contributed by atoms with Crippen molar-refractivity contribution >= 4 is 11.6 Å². The van der Waals surface area contributed by atoms with Crippen LogP contribution in [0.4, 0.5) is 11.6 Å². The molecule has 0 spiro atoms. The zero-order chi connectivity index (χ0) is 14.9. The van der Waals surface area contributed by atoms with Gasteiger partial charge in [0.15, 0.2) is 0 Å². The quantitative estimate of drug-likeness (QED) is 0.850. The van der Waals surface area contributed by atoms with Gasteiger partial charge >= 0.3 is 0 Å². The molecule has 5 nitrogen and oxygen atoms in total. The van der Waals surface area contributed by atoms with Gasteiger partial charge in [-0.25, -0.2) is 15.0 Å². The fourth-order valence-electron chi connectivity index (χ4n) is 3.78. The summed E-state index contributed by atoms with van der Waals surface area (Å²) in [4.78, 5) is 18.2. The van der Waals surface area contributed by atoms with Crippen molar-refractivity contribution in [2.75, 3.05) is 29.4 Å². The molecule has 0 bridgehead atoms. The van der Waals surface area contributed by atoms with Gasteiger partial charge < -0.3 is 9.80 Å². The molecule has 0 N–H and O–H groups in total. The molecule has 2 saturated heterocycles. The van der Waals surface area contributed by atoms with Crippen LogP contribution in [0.5, 0.6) is 0 Å². The highest BCUT2D eigenvalue weighted by atomic mass is 15.3. The van der Waals surface area contributed by atoms with Gasteiger partial charge in [-0.1, -0.05) is 6.07 Å². The Morgan fingerprint density at radius 1 is 1.00 bits per heavy atom. The second-order valence-corrected chi connectivity index (χ2v) is 6.19. The van der Waals surface area contributed by atoms with Crippen LogP contribution in [-0.2, 0) is 0 Å². The van der Waals surface area contributed by atoms with E-state index in [0.29, 0.717) is 6.04 Å². The Hall–Kier alpha value is -2.17. The lowest BCUT2D eigenvalue weighted by molar-refractivity contribution is 0.388. The van der Waals surface area contributed by atoms with Gasteiger partial charge in [0.05, 0.1) is 6.04 Å². The van der Waals surface area contributed by atoms with E-state index in [1.165, 1.54) is 12.8 Å². The Balaban J connectivity index is 1.57. The second-order valence-electron chi connectivity index (χ2n) is 6.19. The summed E-state index contributed by atoms with van der Waals surface area (Å²) < 4.78 is 0. The number of anilines is 2. The molecule has 5 heteroatoms. The Bertz CT molecular complexity index is 645. The van der Waals surface area contributed by atoms with Crippen LogP contribution in [0, 0.1) is 12.8 Å². The normalized spacial score (nSPS) is 24.4. The first-order chi connectivity index (χ1) is 10.8. The van der Waals surface area contributed by atoms with Gasteiger partial charge in [-0.05, 0) is 43.9 Å². The SMILES string of the molecule is Cc1nccc(N2CCC3CCN(c4ccccn4)CC32)n1. The lowest BCUT2D eigenvalue weighted by atomic mass is 9.92. The summed E-state index contributed by atoms with van der Waals surface area (Å²) in [5, 5.41) is 0. The van der Waals surface area contributed by atoms with E-state index in [4.69, 9.17) is 0 Å². The minimum Gasteiger partial charge on any atom is -0.355 e. The van der Waals surface area contributed by atoms with Gasteiger partial charge in [-0.3, -0.25) is 0 Å². The maximum atomic E-state index is 4.62. The Kier molecular flexibility index (Phi) is 3.41.